The Hall–Kier alpha value is -1.86. The number of aromatic nitrogens is 1. The molecule has 0 bridgehead atoms. The van der Waals surface area contributed by atoms with Crippen LogP contribution in [0, 0.1) is 5.82 Å². The van der Waals surface area contributed by atoms with E-state index in [-0.39, 0.29) is 21.4 Å². The second-order valence-corrected chi connectivity index (χ2v) is 5.70. The van der Waals surface area contributed by atoms with Crippen molar-refractivity contribution in [1.82, 2.24) is 4.98 Å². The van der Waals surface area contributed by atoms with Gasteiger partial charge >= 0.3 is 0 Å². The fraction of sp³-hybridized carbons (Fsp3) is 0. The van der Waals surface area contributed by atoms with Gasteiger partial charge in [0.2, 0.25) is 0 Å². The summed E-state index contributed by atoms with van der Waals surface area (Å²) in [5.41, 5.74) is 5.53. The molecule has 0 aliphatic rings. The molecule has 8 heteroatoms. The van der Waals surface area contributed by atoms with Gasteiger partial charge in [0, 0.05) is 11.2 Å². The van der Waals surface area contributed by atoms with Crippen molar-refractivity contribution in [1.29, 1.82) is 0 Å². The molecule has 1 aromatic heterocycles. The van der Waals surface area contributed by atoms with Crippen molar-refractivity contribution in [3.05, 3.63) is 47.4 Å². The van der Waals surface area contributed by atoms with E-state index in [1.807, 2.05) is 0 Å². The Morgan fingerprint density at radius 1 is 1.32 bits per heavy atom. The summed E-state index contributed by atoms with van der Waals surface area (Å²) in [7, 11) is -3.99. The molecule has 0 unspecified atom stereocenters. The molecule has 0 radical (unpaired) electrons. The van der Waals surface area contributed by atoms with Crippen LogP contribution in [0.25, 0.3) is 0 Å². The first kappa shape index (κ1) is 13.6. The van der Waals surface area contributed by atoms with Gasteiger partial charge in [0.15, 0.2) is 5.03 Å². The number of anilines is 2. The van der Waals surface area contributed by atoms with E-state index < -0.39 is 15.8 Å². The number of benzene rings is 1. The van der Waals surface area contributed by atoms with Crippen LogP contribution in [-0.4, -0.2) is 13.4 Å². The van der Waals surface area contributed by atoms with Crippen molar-refractivity contribution in [3.8, 4) is 0 Å². The van der Waals surface area contributed by atoms with Crippen LogP contribution in [0.4, 0.5) is 15.8 Å². The van der Waals surface area contributed by atoms with E-state index in [0.29, 0.717) is 0 Å². The molecule has 1 aromatic carbocycles. The Kier molecular flexibility index (Phi) is 3.59. The van der Waals surface area contributed by atoms with Gasteiger partial charge in [-0.05, 0) is 30.3 Å². The molecular formula is C11H9ClFN3O2S. The molecule has 0 aliphatic heterocycles. The first-order valence-corrected chi connectivity index (χ1v) is 6.94. The summed E-state index contributed by atoms with van der Waals surface area (Å²) in [5, 5.41) is -0.248. The standard InChI is InChI=1S/C11H9ClFN3O2S/c12-7-4-8(13)6-9(5-7)16-19(17,18)11-10(14)2-1-3-15-11/h1-6,16H,14H2. The van der Waals surface area contributed by atoms with Gasteiger partial charge in [-0.3, -0.25) is 4.72 Å². The van der Waals surface area contributed by atoms with Crippen molar-refractivity contribution in [2.75, 3.05) is 10.5 Å². The van der Waals surface area contributed by atoms with E-state index in [2.05, 4.69) is 9.71 Å². The summed E-state index contributed by atoms with van der Waals surface area (Å²) in [4.78, 5) is 3.69. The Morgan fingerprint density at radius 2 is 2.05 bits per heavy atom. The molecule has 0 spiro atoms. The average Bonchev–Trinajstić information content (AvgIpc) is 2.26. The van der Waals surface area contributed by atoms with Gasteiger partial charge in [-0.15, -0.1) is 0 Å². The predicted octanol–water partition coefficient (Wildman–Crippen LogP) is 2.26. The van der Waals surface area contributed by atoms with Crippen LogP contribution >= 0.6 is 11.6 Å². The van der Waals surface area contributed by atoms with Gasteiger partial charge in [-0.1, -0.05) is 11.6 Å². The zero-order valence-electron chi connectivity index (χ0n) is 9.47. The summed E-state index contributed by atoms with van der Waals surface area (Å²) >= 11 is 5.64. The normalized spacial score (nSPS) is 11.3. The highest BCUT2D eigenvalue weighted by Gasteiger charge is 2.19. The minimum absolute atomic E-state index is 0.00231. The van der Waals surface area contributed by atoms with Crippen LogP contribution in [0.2, 0.25) is 5.02 Å². The minimum Gasteiger partial charge on any atom is -0.396 e. The quantitative estimate of drug-likeness (QED) is 0.910. The maximum Gasteiger partial charge on any atom is 0.281 e. The Labute approximate surface area is 114 Å². The largest absolute Gasteiger partial charge is 0.396 e. The fourth-order valence-electron chi connectivity index (χ4n) is 1.44. The molecule has 1 heterocycles. The highest BCUT2D eigenvalue weighted by Crippen LogP contribution is 2.22. The average molecular weight is 302 g/mol. The lowest BCUT2D eigenvalue weighted by Gasteiger charge is -2.09. The summed E-state index contributed by atoms with van der Waals surface area (Å²) in [6, 6.07) is 6.26. The minimum atomic E-state index is -3.99. The van der Waals surface area contributed by atoms with Crippen molar-refractivity contribution in [2.24, 2.45) is 0 Å². The Bertz CT molecular complexity index is 701. The van der Waals surface area contributed by atoms with Crippen LogP contribution < -0.4 is 10.5 Å². The number of nitrogen functional groups attached to an aromatic ring is 1. The van der Waals surface area contributed by atoms with Crippen molar-refractivity contribution in [2.45, 2.75) is 5.03 Å². The lowest BCUT2D eigenvalue weighted by atomic mass is 10.3. The maximum atomic E-state index is 13.1. The second kappa shape index (κ2) is 5.02. The number of nitrogens with zero attached hydrogens (tertiary/aromatic N) is 1. The predicted molar refractivity (Wildman–Crippen MR) is 70.9 cm³/mol. The van der Waals surface area contributed by atoms with Gasteiger partial charge in [-0.25, -0.2) is 9.37 Å². The summed E-state index contributed by atoms with van der Waals surface area (Å²) in [6.07, 6.45) is 1.30. The van der Waals surface area contributed by atoms with E-state index in [1.54, 1.807) is 0 Å². The molecule has 2 aromatic rings. The molecule has 0 aliphatic carbocycles. The molecule has 5 nitrogen and oxygen atoms in total. The molecule has 3 N–H and O–H groups in total. The highest BCUT2D eigenvalue weighted by atomic mass is 35.5. The fourth-order valence-corrected chi connectivity index (χ4v) is 2.77. The SMILES string of the molecule is Nc1cccnc1S(=O)(=O)Nc1cc(F)cc(Cl)c1. The summed E-state index contributed by atoms with van der Waals surface area (Å²) in [6.45, 7) is 0. The van der Waals surface area contributed by atoms with Crippen molar-refractivity contribution >= 4 is 33.0 Å². The first-order valence-electron chi connectivity index (χ1n) is 5.08. The number of nitrogens with two attached hydrogens (primary N) is 1. The lowest BCUT2D eigenvalue weighted by Crippen LogP contribution is -2.16. The zero-order chi connectivity index (χ0) is 14.0. The molecule has 100 valence electrons. The van der Waals surface area contributed by atoms with Crippen LogP contribution in [0.5, 0.6) is 0 Å². The molecule has 0 atom stereocenters. The number of pyridine rings is 1. The second-order valence-electron chi connectivity index (χ2n) is 3.66. The third kappa shape index (κ3) is 3.12. The number of hydrogen-bond acceptors (Lipinski definition) is 4. The molecule has 0 saturated heterocycles. The summed E-state index contributed by atoms with van der Waals surface area (Å²) in [5.74, 6) is -0.654. The molecule has 2 rings (SSSR count). The molecule has 0 fully saturated rings. The van der Waals surface area contributed by atoms with Gasteiger partial charge in [0.1, 0.15) is 5.82 Å². The molecule has 0 amide bonds. The van der Waals surface area contributed by atoms with Crippen molar-refractivity contribution < 1.29 is 12.8 Å². The zero-order valence-corrected chi connectivity index (χ0v) is 11.0. The van der Waals surface area contributed by atoms with Crippen LogP contribution in [0.15, 0.2) is 41.6 Å². The van der Waals surface area contributed by atoms with Crippen LogP contribution in [-0.2, 0) is 10.0 Å². The highest BCUT2D eigenvalue weighted by molar-refractivity contribution is 7.92. The van der Waals surface area contributed by atoms with Gasteiger partial charge < -0.3 is 5.73 Å². The van der Waals surface area contributed by atoms with Crippen LogP contribution in [0.1, 0.15) is 0 Å². The number of halogens is 2. The van der Waals surface area contributed by atoms with E-state index in [9.17, 15) is 12.8 Å². The van der Waals surface area contributed by atoms with Crippen molar-refractivity contribution in [3.63, 3.8) is 0 Å². The van der Waals surface area contributed by atoms with E-state index in [4.69, 9.17) is 17.3 Å². The number of sulfonamides is 1. The third-order valence-electron chi connectivity index (χ3n) is 2.17. The molecule has 19 heavy (non-hydrogen) atoms. The third-order valence-corrected chi connectivity index (χ3v) is 3.74. The Morgan fingerprint density at radius 3 is 2.68 bits per heavy atom. The van der Waals surface area contributed by atoms with E-state index >= 15 is 0 Å². The monoisotopic (exact) mass is 301 g/mol. The lowest BCUT2D eigenvalue weighted by molar-refractivity contribution is 0.598. The molecular weight excluding hydrogens is 293 g/mol. The van der Waals surface area contributed by atoms with Gasteiger partial charge in [-0.2, -0.15) is 8.42 Å². The molecule has 0 saturated carbocycles. The topological polar surface area (TPSA) is 85.1 Å². The summed E-state index contributed by atoms with van der Waals surface area (Å²) < 4.78 is 39.3. The number of nitrogens with one attached hydrogen (secondary N) is 1. The van der Waals surface area contributed by atoms with Gasteiger partial charge in [0.05, 0.1) is 11.4 Å². The van der Waals surface area contributed by atoms with Crippen LogP contribution in [0.3, 0.4) is 0 Å². The maximum absolute atomic E-state index is 13.1. The van der Waals surface area contributed by atoms with Gasteiger partial charge in [0.25, 0.3) is 10.0 Å². The Balaban J connectivity index is 2.39. The number of hydrogen-bond donors (Lipinski definition) is 2. The smallest absolute Gasteiger partial charge is 0.281 e. The van der Waals surface area contributed by atoms with E-state index in [1.165, 1.54) is 24.4 Å². The van der Waals surface area contributed by atoms with E-state index in [0.717, 1.165) is 12.1 Å². The first-order chi connectivity index (χ1) is 8.88. The number of rotatable bonds is 3.